The first-order chi connectivity index (χ1) is 9.35. The summed E-state index contributed by atoms with van der Waals surface area (Å²) < 4.78 is 23.7. The topological polar surface area (TPSA) is 71.5 Å². The Kier molecular flexibility index (Phi) is 4.48. The van der Waals surface area contributed by atoms with Crippen LogP contribution in [0.1, 0.15) is 34.1 Å². The normalized spacial score (nSPS) is 14.8. The van der Waals surface area contributed by atoms with E-state index in [-0.39, 0.29) is 36.3 Å². The highest BCUT2D eigenvalue weighted by atomic mass is 127. The van der Waals surface area contributed by atoms with Crippen LogP contribution in [-0.4, -0.2) is 43.2 Å². The van der Waals surface area contributed by atoms with Crippen LogP contribution in [0.5, 0.6) is 0 Å². The SMILES string of the molecule is CCS(=O)(=O)CCCN1C(=O)c2ccc(I)cc2C1=O. The summed E-state index contributed by atoms with van der Waals surface area (Å²) in [6.45, 7) is 1.72. The molecule has 0 aromatic heterocycles. The summed E-state index contributed by atoms with van der Waals surface area (Å²) >= 11 is 2.08. The Morgan fingerprint density at radius 2 is 1.80 bits per heavy atom. The summed E-state index contributed by atoms with van der Waals surface area (Å²) in [6.07, 6.45) is 0.277. The molecular weight excluding hydrogens is 393 g/mol. The van der Waals surface area contributed by atoms with Gasteiger partial charge in [0.15, 0.2) is 0 Å². The molecule has 1 aliphatic rings. The van der Waals surface area contributed by atoms with Crippen molar-refractivity contribution in [2.45, 2.75) is 13.3 Å². The molecule has 108 valence electrons. The number of imide groups is 1. The minimum Gasteiger partial charge on any atom is -0.274 e. The standard InChI is InChI=1S/C13H14INO4S/c1-2-20(18,19)7-3-6-15-12(16)10-5-4-9(14)8-11(10)13(15)17/h4-5,8H,2-3,6-7H2,1H3. The van der Waals surface area contributed by atoms with E-state index in [9.17, 15) is 18.0 Å². The molecule has 0 bridgehead atoms. The number of rotatable bonds is 5. The van der Waals surface area contributed by atoms with Crippen LogP contribution in [0, 0.1) is 3.57 Å². The molecule has 20 heavy (non-hydrogen) atoms. The van der Waals surface area contributed by atoms with Gasteiger partial charge in [0.25, 0.3) is 11.8 Å². The molecule has 0 spiro atoms. The number of sulfone groups is 1. The first-order valence-electron chi connectivity index (χ1n) is 6.22. The molecule has 0 N–H and O–H groups in total. The monoisotopic (exact) mass is 407 g/mol. The van der Waals surface area contributed by atoms with E-state index in [0.717, 1.165) is 8.47 Å². The van der Waals surface area contributed by atoms with Crippen LogP contribution in [0.4, 0.5) is 0 Å². The number of halogens is 1. The molecule has 0 saturated carbocycles. The van der Waals surface area contributed by atoms with E-state index in [1.807, 2.05) is 0 Å². The number of amides is 2. The van der Waals surface area contributed by atoms with Crippen molar-refractivity contribution in [1.29, 1.82) is 0 Å². The van der Waals surface area contributed by atoms with E-state index < -0.39 is 9.84 Å². The zero-order valence-corrected chi connectivity index (χ0v) is 13.9. The maximum absolute atomic E-state index is 12.1. The first kappa shape index (κ1) is 15.4. The van der Waals surface area contributed by atoms with Crippen LogP contribution in [0.15, 0.2) is 18.2 Å². The molecule has 2 rings (SSSR count). The van der Waals surface area contributed by atoms with E-state index in [4.69, 9.17) is 0 Å². The minimum atomic E-state index is -3.07. The summed E-state index contributed by atoms with van der Waals surface area (Å²) in [4.78, 5) is 25.4. The molecule has 1 heterocycles. The minimum absolute atomic E-state index is 0.00552. The molecule has 7 heteroatoms. The fraction of sp³-hybridized carbons (Fsp3) is 0.385. The second-order valence-electron chi connectivity index (χ2n) is 4.54. The molecule has 0 unspecified atom stereocenters. The van der Waals surface area contributed by atoms with Crippen LogP contribution in [0.3, 0.4) is 0 Å². The third-order valence-corrected chi connectivity index (χ3v) is 5.67. The van der Waals surface area contributed by atoms with E-state index in [1.165, 1.54) is 0 Å². The molecule has 1 aromatic carbocycles. The van der Waals surface area contributed by atoms with Crippen molar-refractivity contribution in [2.24, 2.45) is 0 Å². The van der Waals surface area contributed by atoms with Crippen LogP contribution in [-0.2, 0) is 9.84 Å². The lowest BCUT2D eigenvalue weighted by Crippen LogP contribution is -2.31. The average molecular weight is 407 g/mol. The molecule has 0 saturated heterocycles. The van der Waals surface area contributed by atoms with Crippen molar-refractivity contribution >= 4 is 44.2 Å². The third kappa shape index (κ3) is 3.03. The molecule has 0 radical (unpaired) electrons. The smallest absolute Gasteiger partial charge is 0.261 e. The third-order valence-electron chi connectivity index (χ3n) is 3.21. The van der Waals surface area contributed by atoms with Gasteiger partial charge in [0, 0.05) is 15.9 Å². The van der Waals surface area contributed by atoms with Crippen molar-refractivity contribution in [3.63, 3.8) is 0 Å². The molecule has 2 amide bonds. The van der Waals surface area contributed by atoms with Crippen LogP contribution in [0.25, 0.3) is 0 Å². The van der Waals surface area contributed by atoms with E-state index in [2.05, 4.69) is 22.6 Å². The second-order valence-corrected chi connectivity index (χ2v) is 8.26. The Morgan fingerprint density at radius 1 is 1.15 bits per heavy atom. The highest BCUT2D eigenvalue weighted by molar-refractivity contribution is 14.1. The number of carbonyl (C=O) groups is 2. The molecule has 0 fully saturated rings. The highest BCUT2D eigenvalue weighted by Crippen LogP contribution is 2.24. The zero-order valence-electron chi connectivity index (χ0n) is 10.9. The van der Waals surface area contributed by atoms with Gasteiger partial charge in [-0.1, -0.05) is 6.92 Å². The van der Waals surface area contributed by atoms with Crippen molar-refractivity contribution in [3.8, 4) is 0 Å². The van der Waals surface area contributed by atoms with Gasteiger partial charge in [0.1, 0.15) is 9.84 Å². The van der Waals surface area contributed by atoms with E-state index >= 15 is 0 Å². The molecule has 0 atom stereocenters. The Hall–Kier alpha value is -0.960. The predicted octanol–water partition coefficient (Wildman–Crippen LogP) is 1.71. The van der Waals surface area contributed by atoms with Crippen molar-refractivity contribution < 1.29 is 18.0 Å². The molecular formula is C13H14INO4S. The van der Waals surface area contributed by atoms with Gasteiger partial charge in [0.05, 0.1) is 16.9 Å². The van der Waals surface area contributed by atoms with Gasteiger partial charge in [-0.05, 0) is 47.2 Å². The van der Waals surface area contributed by atoms with E-state index in [1.54, 1.807) is 25.1 Å². The van der Waals surface area contributed by atoms with Crippen molar-refractivity contribution in [3.05, 3.63) is 32.9 Å². The van der Waals surface area contributed by atoms with Crippen molar-refractivity contribution in [2.75, 3.05) is 18.1 Å². The van der Waals surface area contributed by atoms with Crippen molar-refractivity contribution in [1.82, 2.24) is 4.90 Å². The number of benzene rings is 1. The lowest BCUT2D eigenvalue weighted by atomic mass is 10.1. The first-order valence-corrected chi connectivity index (χ1v) is 9.12. The molecule has 5 nitrogen and oxygen atoms in total. The van der Waals surface area contributed by atoms with Gasteiger partial charge in [-0.15, -0.1) is 0 Å². The second kappa shape index (κ2) is 5.80. The van der Waals surface area contributed by atoms with Gasteiger partial charge in [0.2, 0.25) is 0 Å². The largest absolute Gasteiger partial charge is 0.274 e. The number of hydrogen-bond acceptors (Lipinski definition) is 4. The number of hydrogen-bond donors (Lipinski definition) is 0. The zero-order chi connectivity index (χ0) is 14.9. The van der Waals surface area contributed by atoms with Gasteiger partial charge >= 0.3 is 0 Å². The highest BCUT2D eigenvalue weighted by Gasteiger charge is 2.35. The van der Waals surface area contributed by atoms with Crippen LogP contribution >= 0.6 is 22.6 Å². The molecule has 1 aromatic rings. The predicted molar refractivity (Wildman–Crippen MR) is 83.5 cm³/mol. The Labute approximate surface area is 131 Å². The van der Waals surface area contributed by atoms with Gasteiger partial charge in [-0.25, -0.2) is 8.42 Å². The number of nitrogens with zero attached hydrogens (tertiary/aromatic N) is 1. The number of fused-ring (bicyclic) bond motifs is 1. The summed E-state index contributed by atoms with van der Waals surface area (Å²) in [6, 6.07) is 5.09. The Bertz CT molecular complexity index is 669. The van der Waals surface area contributed by atoms with Crippen LogP contribution in [0.2, 0.25) is 0 Å². The van der Waals surface area contributed by atoms with Gasteiger partial charge in [-0.3, -0.25) is 14.5 Å². The average Bonchev–Trinajstić information content (AvgIpc) is 2.63. The lowest BCUT2D eigenvalue weighted by Gasteiger charge is -2.13. The summed E-state index contributed by atoms with van der Waals surface area (Å²) in [5, 5.41) is 0. The Morgan fingerprint density at radius 3 is 2.45 bits per heavy atom. The fourth-order valence-corrected chi connectivity index (χ4v) is 3.40. The summed E-state index contributed by atoms with van der Waals surface area (Å²) in [5.41, 5.74) is 0.800. The fourth-order valence-electron chi connectivity index (χ4n) is 2.05. The molecule has 1 aliphatic heterocycles. The Balaban J connectivity index is 2.09. The van der Waals surface area contributed by atoms with E-state index in [0.29, 0.717) is 11.1 Å². The van der Waals surface area contributed by atoms with Gasteiger partial charge in [-0.2, -0.15) is 0 Å². The summed E-state index contributed by atoms with van der Waals surface area (Å²) in [7, 11) is -3.07. The quantitative estimate of drug-likeness (QED) is 0.551. The maximum Gasteiger partial charge on any atom is 0.261 e. The van der Waals surface area contributed by atoms with Gasteiger partial charge < -0.3 is 0 Å². The number of carbonyl (C=O) groups excluding carboxylic acids is 2. The molecule has 0 aliphatic carbocycles. The lowest BCUT2D eigenvalue weighted by molar-refractivity contribution is 0.0654. The maximum atomic E-state index is 12.1. The van der Waals surface area contributed by atoms with Crippen LogP contribution < -0.4 is 0 Å². The summed E-state index contributed by atoms with van der Waals surface area (Å²) in [5.74, 6) is -0.602.